The van der Waals surface area contributed by atoms with Crippen molar-refractivity contribution in [1.29, 1.82) is 0 Å². The van der Waals surface area contributed by atoms with Gasteiger partial charge in [0, 0.05) is 10.7 Å². The third kappa shape index (κ3) is 6.02. The van der Waals surface area contributed by atoms with Crippen LogP contribution >= 0.6 is 11.6 Å². The number of aryl methyl sites for hydroxylation is 2. The fraction of sp³-hybridized carbons (Fsp3) is 0.138. The van der Waals surface area contributed by atoms with Gasteiger partial charge in [0.25, 0.3) is 26.0 Å². The first-order valence-corrected chi connectivity index (χ1v) is 15.8. The van der Waals surface area contributed by atoms with E-state index in [-0.39, 0.29) is 22.1 Å². The zero-order valence-corrected chi connectivity index (χ0v) is 24.4. The van der Waals surface area contributed by atoms with E-state index in [9.17, 15) is 21.6 Å². The van der Waals surface area contributed by atoms with Gasteiger partial charge in [-0.25, -0.2) is 16.8 Å². The number of amides is 1. The fourth-order valence-electron chi connectivity index (χ4n) is 4.29. The van der Waals surface area contributed by atoms with E-state index in [1.165, 1.54) is 48.5 Å². The van der Waals surface area contributed by atoms with Crippen LogP contribution in [0.25, 0.3) is 0 Å². The van der Waals surface area contributed by atoms with Gasteiger partial charge in [-0.15, -0.1) is 0 Å². The number of nitrogens with zero attached hydrogens (tertiary/aromatic N) is 1. The first-order chi connectivity index (χ1) is 19.4. The van der Waals surface area contributed by atoms with Gasteiger partial charge in [0.2, 0.25) is 0 Å². The summed E-state index contributed by atoms with van der Waals surface area (Å²) >= 11 is 5.93. The van der Waals surface area contributed by atoms with Crippen LogP contribution in [0.5, 0.6) is 5.75 Å². The van der Waals surface area contributed by atoms with Gasteiger partial charge in [0.1, 0.15) is 5.75 Å². The molecule has 1 amide bonds. The Hall–Kier alpha value is -4.06. The summed E-state index contributed by atoms with van der Waals surface area (Å²) in [6, 6.07) is 23.4. The number of sulfonamides is 2. The number of halogens is 1. The summed E-state index contributed by atoms with van der Waals surface area (Å²) in [5.41, 5.74) is 2.80. The minimum Gasteiger partial charge on any atom is -0.476 e. The average molecular weight is 612 g/mol. The smallest absolute Gasteiger partial charge is 0.267 e. The highest BCUT2D eigenvalue weighted by Crippen LogP contribution is 2.37. The second-order valence-electron chi connectivity index (χ2n) is 9.50. The molecule has 1 atom stereocenters. The fourth-order valence-corrected chi connectivity index (χ4v) is 7.01. The van der Waals surface area contributed by atoms with Crippen molar-refractivity contribution >= 4 is 54.6 Å². The first-order valence-electron chi connectivity index (χ1n) is 12.5. The molecule has 0 spiro atoms. The summed E-state index contributed by atoms with van der Waals surface area (Å²) < 4.78 is 62.5. The molecule has 4 aromatic carbocycles. The molecule has 12 heteroatoms. The number of para-hydroxylation sites is 2. The highest BCUT2D eigenvalue weighted by Gasteiger charge is 2.37. The molecule has 0 fully saturated rings. The van der Waals surface area contributed by atoms with Gasteiger partial charge < -0.3 is 10.1 Å². The number of carbonyl (C=O) groups is 1. The van der Waals surface area contributed by atoms with Gasteiger partial charge in [-0.3, -0.25) is 13.8 Å². The van der Waals surface area contributed by atoms with Crippen molar-refractivity contribution in [3.8, 4) is 5.75 Å². The Morgan fingerprint density at radius 3 is 2.24 bits per heavy atom. The molecule has 0 bridgehead atoms. The number of benzene rings is 4. The molecule has 0 aliphatic carbocycles. The Kier molecular flexibility index (Phi) is 7.69. The molecule has 0 saturated carbocycles. The van der Waals surface area contributed by atoms with Crippen molar-refractivity contribution in [3.63, 3.8) is 0 Å². The zero-order chi connectivity index (χ0) is 29.4. The maximum absolute atomic E-state index is 13.5. The van der Waals surface area contributed by atoms with Crippen molar-refractivity contribution < 1.29 is 26.4 Å². The number of ether oxygens (including phenoxy) is 1. The minimum atomic E-state index is -4.04. The van der Waals surface area contributed by atoms with E-state index in [0.29, 0.717) is 22.1 Å². The summed E-state index contributed by atoms with van der Waals surface area (Å²) in [7, 11) is -7.92. The van der Waals surface area contributed by atoms with Gasteiger partial charge in [-0.05, 0) is 91.7 Å². The lowest BCUT2D eigenvalue weighted by Gasteiger charge is -2.34. The summed E-state index contributed by atoms with van der Waals surface area (Å²) in [5, 5.41) is 3.08. The van der Waals surface area contributed by atoms with Crippen molar-refractivity contribution in [2.45, 2.75) is 29.7 Å². The Labute approximate surface area is 243 Å². The molecular weight excluding hydrogens is 586 g/mol. The second-order valence-corrected chi connectivity index (χ2v) is 13.5. The standard InChI is InChI=1S/C29H26ClN3O6S2/c1-19-7-8-20(2)25(17-19)32-40(35,36)23-15-11-22(12-16-23)31-29(34)28-18-33(26-5-3-4-6-27(26)39-28)41(37,38)24-13-9-21(30)10-14-24/h3-17,28,32H,18H2,1-2H3,(H,31,34). The van der Waals surface area contributed by atoms with Crippen LogP contribution < -0.4 is 19.1 Å². The maximum Gasteiger partial charge on any atom is 0.267 e. The quantitative estimate of drug-likeness (QED) is 0.290. The average Bonchev–Trinajstić information content (AvgIpc) is 2.94. The maximum atomic E-state index is 13.5. The lowest BCUT2D eigenvalue weighted by Crippen LogP contribution is -2.48. The monoisotopic (exact) mass is 611 g/mol. The normalized spacial score (nSPS) is 15.0. The van der Waals surface area contributed by atoms with Crippen LogP contribution in [0.15, 0.2) is 101 Å². The summed E-state index contributed by atoms with van der Waals surface area (Å²) in [5.74, 6) is -0.365. The number of hydrogen-bond acceptors (Lipinski definition) is 6. The highest BCUT2D eigenvalue weighted by molar-refractivity contribution is 7.93. The predicted octanol–water partition coefficient (Wildman–Crippen LogP) is 5.35. The third-order valence-electron chi connectivity index (χ3n) is 6.50. The Balaban J connectivity index is 1.34. The molecule has 4 aromatic rings. The highest BCUT2D eigenvalue weighted by atomic mass is 35.5. The van der Waals surface area contributed by atoms with Crippen LogP contribution in [-0.4, -0.2) is 35.4 Å². The van der Waals surface area contributed by atoms with Crippen molar-refractivity contribution in [3.05, 3.63) is 107 Å². The number of anilines is 3. The molecular formula is C29H26ClN3O6S2. The molecule has 212 valence electrons. The van der Waals surface area contributed by atoms with E-state index in [1.54, 1.807) is 30.3 Å². The van der Waals surface area contributed by atoms with Gasteiger partial charge in [0.05, 0.1) is 27.7 Å². The molecule has 5 rings (SSSR count). The van der Waals surface area contributed by atoms with E-state index in [1.807, 2.05) is 26.0 Å². The number of nitrogens with one attached hydrogen (secondary N) is 2. The molecule has 2 N–H and O–H groups in total. The predicted molar refractivity (Wildman–Crippen MR) is 159 cm³/mol. The van der Waals surface area contributed by atoms with Crippen molar-refractivity contribution in [2.24, 2.45) is 0 Å². The SMILES string of the molecule is Cc1ccc(C)c(NS(=O)(=O)c2ccc(NC(=O)C3CN(S(=O)(=O)c4ccc(Cl)cc4)c4ccccc4O3)cc2)c1. The van der Waals surface area contributed by atoms with Crippen LogP contribution in [0, 0.1) is 13.8 Å². The topological polar surface area (TPSA) is 122 Å². The van der Waals surface area contributed by atoms with Crippen LogP contribution in [0.3, 0.4) is 0 Å². The van der Waals surface area contributed by atoms with E-state index in [0.717, 1.165) is 15.4 Å². The molecule has 1 unspecified atom stereocenters. The van der Waals surface area contributed by atoms with Gasteiger partial charge in [0.15, 0.2) is 6.10 Å². The second kappa shape index (κ2) is 11.1. The first kappa shape index (κ1) is 28.5. The molecule has 0 saturated heterocycles. The largest absolute Gasteiger partial charge is 0.476 e. The zero-order valence-electron chi connectivity index (χ0n) is 22.0. The summed E-state index contributed by atoms with van der Waals surface area (Å²) in [6.07, 6.45) is -1.18. The van der Waals surface area contributed by atoms with Gasteiger partial charge in [-0.1, -0.05) is 35.9 Å². The van der Waals surface area contributed by atoms with Gasteiger partial charge in [-0.2, -0.15) is 0 Å². The number of rotatable bonds is 7. The molecule has 1 aliphatic rings. The Morgan fingerprint density at radius 2 is 1.54 bits per heavy atom. The molecule has 1 aliphatic heterocycles. The summed E-state index contributed by atoms with van der Waals surface area (Å²) in [6.45, 7) is 3.40. The van der Waals surface area contributed by atoms with Crippen molar-refractivity contribution in [2.75, 3.05) is 20.9 Å². The number of fused-ring (bicyclic) bond motifs is 1. The lowest BCUT2D eigenvalue weighted by molar-refractivity contribution is -0.122. The Morgan fingerprint density at radius 1 is 0.878 bits per heavy atom. The van der Waals surface area contributed by atoms with Crippen LogP contribution in [0.4, 0.5) is 17.1 Å². The van der Waals surface area contributed by atoms with E-state index >= 15 is 0 Å². The third-order valence-corrected chi connectivity index (χ3v) is 9.93. The van der Waals surface area contributed by atoms with Crippen LogP contribution in [-0.2, 0) is 24.8 Å². The number of hydrogen-bond donors (Lipinski definition) is 2. The molecule has 0 aromatic heterocycles. The Bertz CT molecular complexity index is 1830. The van der Waals surface area contributed by atoms with Crippen LogP contribution in [0.1, 0.15) is 11.1 Å². The summed E-state index contributed by atoms with van der Waals surface area (Å²) in [4.78, 5) is 13.2. The van der Waals surface area contributed by atoms with E-state index in [2.05, 4.69) is 10.0 Å². The molecule has 1 heterocycles. The molecule has 0 radical (unpaired) electrons. The van der Waals surface area contributed by atoms with Crippen LogP contribution in [0.2, 0.25) is 5.02 Å². The lowest BCUT2D eigenvalue weighted by atomic mass is 10.1. The van der Waals surface area contributed by atoms with E-state index in [4.69, 9.17) is 16.3 Å². The van der Waals surface area contributed by atoms with E-state index < -0.39 is 32.1 Å². The minimum absolute atomic E-state index is 0.0134. The molecule has 41 heavy (non-hydrogen) atoms. The van der Waals surface area contributed by atoms with Gasteiger partial charge >= 0.3 is 0 Å². The number of carbonyl (C=O) groups excluding carboxylic acids is 1. The molecule has 9 nitrogen and oxygen atoms in total. The van der Waals surface area contributed by atoms with Crippen molar-refractivity contribution in [1.82, 2.24) is 0 Å².